The number of fused-ring (bicyclic) bond motifs is 1. The van der Waals surface area contributed by atoms with E-state index < -0.39 is 0 Å². The maximum absolute atomic E-state index is 7.35. The molecule has 0 amide bonds. The molecule has 0 unspecified atom stereocenters. The highest BCUT2D eigenvalue weighted by Gasteiger charge is 2.16. The van der Waals surface area contributed by atoms with E-state index in [1.807, 2.05) is 103 Å². The van der Waals surface area contributed by atoms with Crippen LogP contribution in [0.2, 0.25) is 0 Å². The first-order chi connectivity index (χ1) is 23.2. The summed E-state index contributed by atoms with van der Waals surface area (Å²) in [6, 6.07) is 50.8. The van der Waals surface area contributed by atoms with Gasteiger partial charge in [0.15, 0.2) is 23.2 Å². The largest absolute Gasteiger partial charge is 0.238 e. The summed E-state index contributed by atoms with van der Waals surface area (Å²) in [7, 11) is 0. The fraction of sp³-hybridized carbons (Fsp3) is 0. The fourth-order valence-corrected chi connectivity index (χ4v) is 6.62. The first-order valence-corrected chi connectivity index (χ1v) is 16.0. The van der Waals surface area contributed by atoms with Crippen LogP contribution >= 0.6 is 11.3 Å². The molecule has 6 heteroatoms. The number of rotatable bonds is 6. The molecule has 0 aliphatic carbocycles. The Bertz CT molecular complexity index is 2320. The minimum absolute atomic E-state index is 0.614. The predicted molar refractivity (Wildman–Crippen MR) is 192 cm³/mol. The van der Waals surface area contributed by atoms with Crippen molar-refractivity contribution in [3.05, 3.63) is 163 Å². The zero-order valence-corrected chi connectivity index (χ0v) is 25.9. The highest BCUT2D eigenvalue weighted by atomic mass is 32.1. The monoisotopic (exact) mass is 619 g/mol. The number of nitrogens with zero attached hydrogens (tertiary/aromatic N) is 5. The minimum Gasteiger partial charge on any atom is -0.238 e. The molecule has 0 spiro atoms. The van der Waals surface area contributed by atoms with Gasteiger partial charge in [-0.15, -0.1) is 11.3 Å². The van der Waals surface area contributed by atoms with Gasteiger partial charge in [0.25, 0.3) is 0 Å². The smallest absolute Gasteiger partial charge is 0.187 e. The molecular formula is C41H25N5S. The van der Waals surface area contributed by atoms with Crippen LogP contribution in [-0.2, 0) is 0 Å². The van der Waals surface area contributed by atoms with Crippen molar-refractivity contribution in [2.24, 2.45) is 0 Å². The summed E-state index contributed by atoms with van der Waals surface area (Å²) in [4.78, 5) is 23.3. The van der Waals surface area contributed by atoms with Crippen molar-refractivity contribution in [1.82, 2.24) is 19.9 Å². The van der Waals surface area contributed by atoms with E-state index in [0.29, 0.717) is 23.2 Å². The van der Waals surface area contributed by atoms with E-state index in [0.717, 1.165) is 59.7 Å². The Hall–Kier alpha value is -6.29. The summed E-state index contributed by atoms with van der Waals surface area (Å²) in [5.74, 6) is 1.88. The topological polar surface area (TPSA) is 55.9 Å². The molecule has 0 aliphatic rings. The Morgan fingerprint density at radius 3 is 1.43 bits per heavy atom. The second kappa shape index (κ2) is 12.2. The van der Waals surface area contributed by atoms with Gasteiger partial charge in [0.05, 0.1) is 16.8 Å². The van der Waals surface area contributed by atoms with Gasteiger partial charge >= 0.3 is 0 Å². The molecule has 0 N–H and O–H groups in total. The Labute approximate surface area is 276 Å². The third-order valence-corrected chi connectivity index (χ3v) is 9.05. The number of hydrogen-bond donors (Lipinski definition) is 0. The normalized spacial score (nSPS) is 11.0. The summed E-state index contributed by atoms with van der Waals surface area (Å²) < 4.78 is 1.10. The molecule has 0 fully saturated rings. The second-order valence-electron chi connectivity index (χ2n) is 11.0. The number of aromatic nitrogens is 4. The Morgan fingerprint density at radius 2 is 0.894 bits per heavy atom. The van der Waals surface area contributed by atoms with Gasteiger partial charge in [-0.1, -0.05) is 140 Å². The van der Waals surface area contributed by atoms with Gasteiger partial charge in [-0.25, -0.2) is 24.8 Å². The summed E-state index contributed by atoms with van der Waals surface area (Å²) in [5, 5.41) is 0.978. The summed E-state index contributed by atoms with van der Waals surface area (Å²) in [5.41, 5.74) is 9.67. The van der Waals surface area contributed by atoms with Crippen molar-refractivity contribution in [3.63, 3.8) is 0 Å². The third-order valence-electron chi connectivity index (χ3n) is 8.00. The Balaban J connectivity index is 1.24. The van der Waals surface area contributed by atoms with Crippen LogP contribution in [0.3, 0.4) is 0 Å². The molecule has 0 saturated heterocycles. The zero-order chi connectivity index (χ0) is 31.6. The van der Waals surface area contributed by atoms with Crippen molar-refractivity contribution >= 4 is 27.2 Å². The van der Waals surface area contributed by atoms with Crippen molar-refractivity contribution in [3.8, 4) is 67.0 Å². The SMILES string of the molecule is [C-]#[N+]c1ccc(-c2cc(-c3ccc(-c4nc(-c5ccccc5)nc(-c5ccccc5)n4)cc3)c3nc(-c4ccccc4)sc3c2)cc1. The third kappa shape index (κ3) is 5.68. The van der Waals surface area contributed by atoms with Crippen molar-refractivity contribution in [1.29, 1.82) is 0 Å². The van der Waals surface area contributed by atoms with E-state index in [1.165, 1.54) is 0 Å². The molecule has 2 aromatic heterocycles. The lowest BCUT2D eigenvalue weighted by atomic mass is 9.97. The number of thiazole rings is 1. The molecule has 5 nitrogen and oxygen atoms in total. The van der Waals surface area contributed by atoms with Crippen molar-refractivity contribution < 1.29 is 0 Å². The molecule has 8 aromatic rings. The first-order valence-electron chi connectivity index (χ1n) is 15.2. The van der Waals surface area contributed by atoms with Gasteiger partial charge in [0, 0.05) is 27.8 Å². The highest BCUT2D eigenvalue weighted by molar-refractivity contribution is 7.21. The van der Waals surface area contributed by atoms with Crippen LogP contribution in [0, 0.1) is 6.57 Å². The van der Waals surface area contributed by atoms with Crippen LogP contribution in [0.5, 0.6) is 0 Å². The van der Waals surface area contributed by atoms with Crippen LogP contribution in [-0.4, -0.2) is 19.9 Å². The average Bonchev–Trinajstić information content (AvgIpc) is 3.60. The molecule has 0 atom stereocenters. The second-order valence-corrected chi connectivity index (χ2v) is 12.1. The maximum Gasteiger partial charge on any atom is 0.187 e. The molecule has 220 valence electrons. The van der Waals surface area contributed by atoms with Crippen LogP contribution in [0.15, 0.2) is 152 Å². The van der Waals surface area contributed by atoms with Gasteiger partial charge in [-0.3, -0.25) is 0 Å². The van der Waals surface area contributed by atoms with Crippen LogP contribution < -0.4 is 0 Å². The standard InChI is InChI=1S/C41H25N5S/c1-42-34-23-21-27(22-24-34)33-25-35(37-36(26-33)47-41(43-37)32-15-9-4-10-16-32)28-17-19-31(20-18-28)40-45-38(29-11-5-2-6-12-29)44-39(46-40)30-13-7-3-8-14-30/h2-26H. The highest BCUT2D eigenvalue weighted by Crippen LogP contribution is 2.40. The molecular weight excluding hydrogens is 595 g/mol. The minimum atomic E-state index is 0.614. The van der Waals surface area contributed by atoms with Gasteiger partial charge in [0.1, 0.15) is 5.01 Å². The lowest BCUT2D eigenvalue weighted by Gasteiger charge is -2.10. The van der Waals surface area contributed by atoms with E-state index in [2.05, 4.69) is 53.4 Å². The van der Waals surface area contributed by atoms with Crippen LogP contribution in [0.4, 0.5) is 5.69 Å². The lowest BCUT2D eigenvalue weighted by molar-refractivity contribution is 1.07. The van der Waals surface area contributed by atoms with E-state index in [-0.39, 0.29) is 0 Å². The summed E-state index contributed by atoms with van der Waals surface area (Å²) >= 11 is 1.69. The van der Waals surface area contributed by atoms with E-state index in [4.69, 9.17) is 26.5 Å². The molecule has 0 bridgehead atoms. The van der Waals surface area contributed by atoms with E-state index in [9.17, 15) is 0 Å². The maximum atomic E-state index is 7.35. The number of hydrogen-bond acceptors (Lipinski definition) is 5. The van der Waals surface area contributed by atoms with E-state index in [1.54, 1.807) is 11.3 Å². The Morgan fingerprint density at radius 1 is 0.426 bits per heavy atom. The predicted octanol–water partition coefficient (Wildman–Crippen LogP) is 11.0. The molecule has 6 aromatic carbocycles. The molecule has 0 saturated carbocycles. The first kappa shape index (κ1) is 28.2. The van der Waals surface area contributed by atoms with Crippen molar-refractivity contribution in [2.45, 2.75) is 0 Å². The Kier molecular flexibility index (Phi) is 7.35. The van der Waals surface area contributed by atoms with Crippen molar-refractivity contribution in [2.75, 3.05) is 0 Å². The summed E-state index contributed by atoms with van der Waals surface area (Å²) in [6.45, 7) is 7.35. The van der Waals surface area contributed by atoms with Gasteiger partial charge in [-0.05, 0) is 28.8 Å². The lowest BCUT2D eigenvalue weighted by Crippen LogP contribution is -2.00. The molecule has 0 aliphatic heterocycles. The molecule has 2 heterocycles. The molecule has 47 heavy (non-hydrogen) atoms. The van der Waals surface area contributed by atoms with Gasteiger partial charge in [-0.2, -0.15) is 0 Å². The molecule has 8 rings (SSSR count). The van der Waals surface area contributed by atoms with Crippen LogP contribution in [0.1, 0.15) is 0 Å². The number of benzene rings is 6. The fourth-order valence-electron chi connectivity index (χ4n) is 5.59. The van der Waals surface area contributed by atoms with E-state index >= 15 is 0 Å². The average molecular weight is 620 g/mol. The molecule has 0 radical (unpaired) electrons. The quantitative estimate of drug-likeness (QED) is 0.174. The zero-order valence-electron chi connectivity index (χ0n) is 25.1. The van der Waals surface area contributed by atoms with Gasteiger partial charge in [0.2, 0.25) is 0 Å². The van der Waals surface area contributed by atoms with Gasteiger partial charge < -0.3 is 0 Å². The summed E-state index contributed by atoms with van der Waals surface area (Å²) in [6.07, 6.45) is 0. The van der Waals surface area contributed by atoms with Crippen LogP contribution in [0.25, 0.3) is 82.1 Å².